The van der Waals surface area contributed by atoms with Crippen LogP contribution in [0.3, 0.4) is 0 Å². The van der Waals surface area contributed by atoms with Crippen molar-refractivity contribution in [2.24, 2.45) is 0 Å². The van der Waals surface area contributed by atoms with E-state index in [1.165, 1.54) is 86.0 Å². The summed E-state index contributed by atoms with van der Waals surface area (Å²) in [6.07, 6.45) is 2.09. The Morgan fingerprint density at radius 2 is 1.10 bits per heavy atom. The Balaban J connectivity index is 0.00000196. The third-order valence-electron chi connectivity index (χ3n) is 11.8. The predicted octanol–water partition coefficient (Wildman–Crippen LogP) is 14.4. The summed E-state index contributed by atoms with van der Waals surface area (Å²) >= 11 is 1.89. The van der Waals surface area contributed by atoms with Gasteiger partial charge in [0.05, 0.1) is 28.1 Å². The van der Waals surface area contributed by atoms with Gasteiger partial charge in [-0.3, -0.25) is 5.32 Å². The van der Waals surface area contributed by atoms with E-state index in [0.29, 0.717) is 0 Å². The Hall–Kier alpha value is -6.92. The fraction of sp³-hybridized carbons (Fsp3) is 0.0741. The molecule has 59 heavy (non-hydrogen) atoms. The third kappa shape index (κ3) is 5.69. The first-order valence-corrected chi connectivity index (χ1v) is 21.4. The summed E-state index contributed by atoms with van der Waals surface area (Å²) < 4.78 is 7.57. The first-order valence-electron chi connectivity index (χ1n) is 20.6. The van der Waals surface area contributed by atoms with Gasteiger partial charge in [-0.25, -0.2) is 0 Å². The van der Waals surface area contributed by atoms with Gasteiger partial charge < -0.3 is 14.5 Å². The summed E-state index contributed by atoms with van der Waals surface area (Å²) in [5.74, 6) is 0. The number of nitrogens with zero attached hydrogens (tertiary/aromatic N) is 2. The Labute approximate surface area is 347 Å². The molecule has 0 spiro atoms. The molecule has 4 nitrogen and oxygen atoms in total. The van der Waals surface area contributed by atoms with Gasteiger partial charge in [-0.15, -0.1) is 11.3 Å². The number of aromatic nitrogens is 2. The van der Waals surface area contributed by atoms with Crippen molar-refractivity contribution < 1.29 is 0 Å². The molecular formula is C54H42N4S. The fourth-order valence-corrected chi connectivity index (χ4v) is 10.4. The van der Waals surface area contributed by atoms with E-state index in [9.17, 15) is 0 Å². The number of benzene rings is 8. The van der Waals surface area contributed by atoms with Crippen molar-refractivity contribution in [2.75, 3.05) is 0 Å². The van der Waals surface area contributed by atoms with Gasteiger partial charge >= 0.3 is 0 Å². The van der Waals surface area contributed by atoms with E-state index in [2.05, 4.69) is 214 Å². The lowest BCUT2D eigenvalue weighted by Crippen LogP contribution is -2.43. The summed E-state index contributed by atoms with van der Waals surface area (Å²) in [7, 11) is 0. The van der Waals surface area contributed by atoms with Crippen LogP contribution in [0.2, 0.25) is 0 Å². The lowest BCUT2D eigenvalue weighted by Gasteiger charge is -2.34. The largest absolute Gasteiger partial charge is 0.352 e. The van der Waals surface area contributed by atoms with Crippen LogP contribution in [0.15, 0.2) is 194 Å². The molecule has 2 N–H and O–H groups in total. The SMILES string of the molecule is C1=C(c2ccccc2)NC(n2c3ccccc3c3ccc4sc5ccc6c(c7ccccc7n6-c6cccc(-c7ccccc7)c6)c5c4c32)NC1c1ccccc1.CC. The van der Waals surface area contributed by atoms with Gasteiger partial charge in [0.25, 0.3) is 0 Å². The maximum Gasteiger partial charge on any atom is 0.160 e. The van der Waals surface area contributed by atoms with Crippen molar-refractivity contribution in [3.63, 3.8) is 0 Å². The highest BCUT2D eigenvalue weighted by Crippen LogP contribution is 2.48. The molecule has 0 saturated heterocycles. The molecule has 0 saturated carbocycles. The van der Waals surface area contributed by atoms with Crippen molar-refractivity contribution in [2.45, 2.75) is 26.2 Å². The summed E-state index contributed by atoms with van der Waals surface area (Å²) in [5.41, 5.74) is 11.9. The number of fused-ring (bicyclic) bond motifs is 11. The second kappa shape index (κ2) is 14.5. The summed E-state index contributed by atoms with van der Waals surface area (Å²) in [6, 6.07) is 68.3. The van der Waals surface area contributed by atoms with Crippen LogP contribution < -0.4 is 10.6 Å². The number of nitrogens with one attached hydrogen (secondary N) is 2. The summed E-state index contributed by atoms with van der Waals surface area (Å²) in [5, 5.41) is 15.7. The molecule has 0 aliphatic carbocycles. The van der Waals surface area contributed by atoms with Crippen molar-refractivity contribution in [1.29, 1.82) is 0 Å². The molecule has 4 heterocycles. The number of para-hydroxylation sites is 2. The molecule has 2 atom stereocenters. The highest BCUT2D eigenvalue weighted by molar-refractivity contribution is 7.26. The van der Waals surface area contributed by atoms with Gasteiger partial charge in [-0.1, -0.05) is 159 Å². The summed E-state index contributed by atoms with van der Waals surface area (Å²) in [4.78, 5) is 0. The molecule has 0 fully saturated rings. The van der Waals surface area contributed by atoms with E-state index in [1.54, 1.807) is 0 Å². The van der Waals surface area contributed by atoms with Gasteiger partial charge in [0.15, 0.2) is 6.29 Å². The molecule has 2 unspecified atom stereocenters. The van der Waals surface area contributed by atoms with Crippen molar-refractivity contribution >= 4 is 80.8 Å². The minimum Gasteiger partial charge on any atom is -0.352 e. The topological polar surface area (TPSA) is 33.9 Å². The molecule has 284 valence electrons. The number of hydrogen-bond acceptors (Lipinski definition) is 3. The Bertz CT molecular complexity index is 3360. The molecule has 0 amide bonds. The first-order chi connectivity index (χ1) is 29.3. The third-order valence-corrected chi connectivity index (χ3v) is 12.9. The number of rotatable bonds is 5. The van der Waals surface area contributed by atoms with E-state index in [-0.39, 0.29) is 12.3 Å². The molecule has 5 heteroatoms. The zero-order valence-electron chi connectivity index (χ0n) is 32.9. The summed E-state index contributed by atoms with van der Waals surface area (Å²) in [6.45, 7) is 4.00. The van der Waals surface area contributed by atoms with E-state index in [1.807, 2.05) is 25.2 Å². The predicted molar refractivity (Wildman–Crippen MR) is 252 cm³/mol. The molecule has 1 aliphatic heterocycles. The van der Waals surface area contributed by atoms with Gasteiger partial charge in [0.2, 0.25) is 0 Å². The van der Waals surface area contributed by atoms with E-state index in [4.69, 9.17) is 0 Å². The zero-order chi connectivity index (χ0) is 39.5. The smallest absolute Gasteiger partial charge is 0.160 e. The maximum atomic E-state index is 4.05. The number of thiophene rings is 1. The Morgan fingerprint density at radius 1 is 0.475 bits per heavy atom. The first kappa shape index (κ1) is 35.3. The van der Waals surface area contributed by atoms with Crippen LogP contribution in [0.1, 0.15) is 37.3 Å². The number of hydrogen-bond donors (Lipinski definition) is 2. The molecule has 8 aromatic carbocycles. The molecular weight excluding hydrogens is 737 g/mol. The van der Waals surface area contributed by atoms with Crippen LogP contribution in [0.25, 0.3) is 86.3 Å². The highest BCUT2D eigenvalue weighted by atomic mass is 32.1. The molecule has 12 rings (SSSR count). The molecule has 0 bridgehead atoms. The molecule has 0 radical (unpaired) electrons. The molecule has 11 aromatic rings. The quantitative estimate of drug-likeness (QED) is 0.182. The zero-order valence-corrected chi connectivity index (χ0v) is 33.7. The van der Waals surface area contributed by atoms with Crippen LogP contribution in [0, 0.1) is 0 Å². The standard InChI is InChI=1S/C52H36N4S.C2H6/c1-4-15-33(16-5-1)36-21-14-22-37(31-36)55-44-26-13-11-24-40(44)48-45(55)28-30-46-49(48)50-47(57-46)29-27-39-38-23-10-12-25-43(38)56(51(39)50)52-53-41(34-17-6-2-7-18-34)32-42(54-52)35-19-8-3-9-20-35;1-2/h1-32,41,52-54H;1-2H3. The minimum atomic E-state index is -0.236. The fourth-order valence-electron chi connectivity index (χ4n) is 9.30. The lowest BCUT2D eigenvalue weighted by atomic mass is 10.0. The van der Waals surface area contributed by atoms with Crippen LogP contribution >= 0.6 is 11.3 Å². The van der Waals surface area contributed by atoms with E-state index in [0.717, 1.165) is 11.4 Å². The van der Waals surface area contributed by atoms with Crippen molar-refractivity contribution in [3.8, 4) is 16.8 Å². The van der Waals surface area contributed by atoms with Gasteiger partial charge in [-0.2, -0.15) is 0 Å². The van der Waals surface area contributed by atoms with Gasteiger partial charge in [0.1, 0.15) is 0 Å². The molecule has 3 aromatic heterocycles. The van der Waals surface area contributed by atoms with Crippen LogP contribution in [-0.4, -0.2) is 9.13 Å². The lowest BCUT2D eigenvalue weighted by molar-refractivity contribution is 0.351. The second-order valence-corrected chi connectivity index (χ2v) is 16.1. The monoisotopic (exact) mass is 778 g/mol. The van der Waals surface area contributed by atoms with E-state index < -0.39 is 0 Å². The molecule has 1 aliphatic rings. The van der Waals surface area contributed by atoms with Crippen molar-refractivity contribution in [1.82, 2.24) is 19.8 Å². The average molecular weight is 779 g/mol. The van der Waals surface area contributed by atoms with Gasteiger partial charge in [0, 0.05) is 53.1 Å². The minimum absolute atomic E-state index is 0.00128. The Kier molecular flexibility index (Phi) is 8.65. The second-order valence-electron chi connectivity index (χ2n) is 15.0. The van der Waals surface area contributed by atoms with Crippen LogP contribution in [-0.2, 0) is 0 Å². The normalized spacial score (nSPS) is 15.5. The van der Waals surface area contributed by atoms with Crippen molar-refractivity contribution in [3.05, 3.63) is 205 Å². The van der Waals surface area contributed by atoms with Crippen LogP contribution in [0.4, 0.5) is 0 Å². The average Bonchev–Trinajstić information content (AvgIpc) is 3.98. The Morgan fingerprint density at radius 3 is 1.88 bits per heavy atom. The highest BCUT2D eigenvalue weighted by Gasteiger charge is 2.29. The van der Waals surface area contributed by atoms with Crippen LogP contribution in [0.5, 0.6) is 0 Å². The van der Waals surface area contributed by atoms with E-state index >= 15 is 0 Å². The maximum absolute atomic E-state index is 4.05. The van der Waals surface area contributed by atoms with Gasteiger partial charge in [-0.05, 0) is 70.8 Å².